The lowest BCUT2D eigenvalue weighted by atomic mass is 10.0. The Hall–Kier alpha value is -2.37. The SMILES string of the molecule is CCc1cccc(C)c1N(CCC(=O)N1CCN(C=O)CC1)C(C)=O. The Morgan fingerprint density at radius 1 is 1.20 bits per heavy atom. The Labute approximate surface area is 149 Å². The molecule has 0 aromatic heterocycles. The zero-order valence-corrected chi connectivity index (χ0v) is 15.3. The first-order valence-electron chi connectivity index (χ1n) is 8.81. The van der Waals surface area contributed by atoms with Gasteiger partial charge in [-0.25, -0.2) is 0 Å². The Morgan fingerprint density at radius 3 is 2.44 bits per heavy atom. The number of rotatable bonds is 6. The van der Waals surface area contributed by atoms with E-state index >= 15 is 0 Å². The highest BCUT2D eigenvalue weighted by molar-refractivity contribution is 5.94. The highest BCUT2D eigenvalue weighted by Crippen LogP contribution is 2.26. The maximum Gasteiger partial charge on any atom is 0.224 e. The van der Waals surface area contributed by atoms with Crippen molar-refractivity contribution in [1.29, 1.82) is 0 Å². The second-order valence-electron chi connectivity index (χ2n) is 6.38. The van der Waals surface area contributed by atoms with Crippen molar-refractivity contribution < 1.29 is 14.4 Å². The van der Waals surface area contributed by atoms with Crippen molar-refractivity contribution in [3.05, 3.63) is 29.3 Å². The molecule has 1 saturated heterocycles. The topological polar surface area (TPSA) is 60.9 Å². The molecular weight excluding hydrogens is 318 g/mol. The van der Waals surface area contributed by atoms with E-state index in [9.17, 15) is 14.4 Å². The first kappa shape index (κ1) is 19.0. The number of hydrogen-bond acceptors (Lipinski definition) is 3. The lowest BCUT2D eigenvalue weighted by molar-refractivity contribution is -0.135. The maximum absolute atomic E-state index is 12.5. The van der Waals surface area contributed by atoms with Crippen LogP contribution in [-0.2, 0) is 20.8 Å². The molecule has 1 aliphatic heterocycles. The van der Waals surface area contributed by atoms with E-state index in [1.165, 1.54) is 0 Å². The standard InChI is InChI=1S/C19H27N3O3/c1-4-17-7-5-6-15(2)19(17)22(16(3)24)9-8-18(25)21-12-10-20(14-23)11-13-21/h5-7,14H,4,8-13H2,1-3H3. The van der Waals surface area contributed by atoms with Crippen LogP contribution in [0, 0.1) is 6.92 Å². The number of carbonyl (C=O) groups is 3. The van der Waals surface area contributed by atoms with Gasteiger partial charge >= 0.3 is 0 Å². The molecule has 6 heteroatoms. The van der Waals surface area contributed by atoms with Gasteiger partial charge in [-0.2, -0.15) is 0 Å². The number of para-hydroxylation sites is 1. The van der Waals surface area contributed by atoms with E-state index in [1.807, 2.05) is 25.1 Å². The van der Waals surface area contributed by atoms with E-state index in [4.69, 9.17) is 0 Å². The van der Waals surface area contributed by atoms with Crippen LogP contribution < -0.4 is 4.90 Å². The van der Waals surface area contributed by atoms with Crippen molar-refractivity contribution in [1.82, 2.24) is 9.80 Å². The molecule has 1 aliphatic rings. The number of hydrogen-bond donors (Lipinski definition) is 0. The fraction of sp³-hybridized carbons (Fsp3) is 0.526. The van der Waals surface area contributed by atoms with Crippen molar-refractivity contribution in [2.45, 2.75) is 33.6 Å². The van der Waals surface area contributed by atoms with Gasteiger partial charge in [-0.05, 0) is 24.5 Å². The summed E-state index contributed by atoms with van der Waals surface area (Å²) in [5.74, 6) is -0.0222. The van der Waals surface area contributed by atoms with Crippen LogP contribution in [0.3, 0.4) is 0 Å². The fourth-order valence-electron chi connectivity index (χ4n) is 3.26. The molecule has 0 N–H and O–H groups in total. The average Bonchev–Trinajstić information content (AvgIpc) is 2.62. The lowest BCUT2D eigenvalue weighted by Gasteiger charge is -2.33. The number of nitrogens with zero attached hydrogens (tertiary/aromatic N) is 3. The highest BCUT2D eigenvalue weighted by Gasteiger charge is 2.23. The minimum atomic E-state index is -0.0532. The van der Waals surface area contributed by atoms with Crippen molar-refractivity contribution in [2.75, 3.05) is 37.6 Å². The molecule has 0 saturated carbocycles. The highest BCUT2D eigenvalue weighted by atomic mass is 16.2. The van der Waals surface area contributed by atoms with Gasteiger partial charge in [0.05, 0.1) is 0 Å². The second kappa shape index (κ2) is 8.65. The number of anilines is 1. The van der Waals surface area contributed by atoms with Crippen molar-refractivity contribution >= 4 is 23.9 Å². The van der Waals surface area contributed by atoms with Crippen LogP contribution in [0.25, 0.3) is 0 Å². The smallest absolute Gasteiger partial charge is 0.224 e. The minimum Gasteiger partial charge on any atom is -0.342 e. The molecular formula is C19H27N3O3. The van der Waals surface area contributed by atoms with Crippen LogP contribution >= 0.6 is 0 Å². The third-order valence-corrected chi connectivity index (χ3v) is 4.72. The zero-order chi connectivity index (χ0) is 18.4. The van der Waals surface area contributed by atoms with E-state index in [-0.39, 0.29) is 18.2 Å². The molecule has 1 aromatic rings. The van der Waals surface area contributed by atoms with Crippen LogP contribution in [0.1, 0.15) is 31.4 Å². The van der Waals surface area contributed by atoms with E-state index in [0.29, 0.717) is 32.7 Å². The summed E-state index contributed by atoms with van der Waals surface area (Å²) in [7, 11) is 0. The van der Waals surface area contributed by atoms with E-state index in [0.717, 1.165) is 29.6 Å². The summed E-state index contributed by atoms with van der Waals surface area (Å²) in [5.41, 5.74) is 3.08. The van der Waals surface area contributed by atoms with Crippen LogP contribution in [0.15, 0.2) is 18.2 Å². The van der Waals surface area contributed by atoms with Crippen LogP contribution in [0.2, 0.25) is 0 Å². The summed E-state index contributed by atoms with van der Waals surface area (Å²) in [6.45, 7) is 8.23. The third-order valence-electron chi connectivity index (χ3n) is 4.72. The molecule has 25 heavy (non-hydrogen) atoms. The molecule has 0 aliphatic carbocycles. The lowest BCUT2D eigenvalue weighted by Crippen LogP contribution is -2.48. The van der Waals surface area contributed by atoms with Gasteiger partial charge in [-0.15, -0.1) is 0 Å². The number of amides is 3. The van der Waals surface area contributed by atoms with Gasteiger partial charge in [-0.1, -0.05) is 25.1 Å². The van der Waals surface area contributed by atoms with Gasteiger partial charge in [0.25, 0.3) is 0 Å². The summed E-state index contributed by atoms with van der Waals surface area (Å²) in [6.07, 6.45) is 1.95. The molecule has 0 unspecified atom stereocenters. The Morgan fingerprint density at radius 2 is 1.88 bits per heavy atom. The number of aryl methyl sites for hydroxylation is 2. The fourth-order valence-corrected chi connectivity index (χ4v) is 3.26. The van der Waals surface area contributed by atoms with E-state index in [1.54, 1.807) is 21.6 Å². The van der Waals surface area contributed by atoms with Gasteiger partial charge in [0.2, 0.25) is 18.2 Å². The molecule has 2 rings (SSSR count). The normalized spacial score (nSPS) is 14.4. The van der Waals surface area contributed by atoms with Gasteiger partial charge in [0.1, 0.15) is 0 Å². The molecule has 0 radical (unpaired) electrons. The molecule has 1 aromatic carbocycles. The number of carbonyl (C=O) groups excluding carboxylic acids is 3. The molecule has 1 fully saturated rings. The van der Waals surface area contributed by atoms with Gasteiger partial charge < -0.3 is 14.7 Å². The van der Waals surface area contributed by atoms with Gasteiger partial charge in [-0.3, -0.25) is 14.4 Å². The summed E-state index contributed by atoms with van der Waals surface area (Å²) in [4.78, 5) is 40.6. The molecule has 0 atom stereocenters. The summed E-state index contributed by atoms with van der Waals surface area (Å²) in [6, 6.07) is 6.01. The Bertz CT molecular complexity index is 637. The summed E-state index contributed by atoms with van der Waals surface area (Å²) in [5, 5.41) is 0. The number of benzene rings is 1. The monoisotopic (exact) mass is 345 g/mol. The van der Waals surface area contributed by atoms with Crippen LogP contribution in [0.4, 0.5) is 5.69 Å². The predicted molar refractivity (Wildman–Crippen MR) is 97.4 cm³/mol. The molecule has 136 valence electrons. The molecule has 3 amide bonds. The Kier molecular flexibility index (Phi) is 6.56. The van der Waals surface area contributed by atoms with Gasteiger partial charge in [0.15, 0.2) is 0 Å². The Balaban J connectivity index is 2.05. The minimum absolute atomic E-state index is 0.0310. The first-order valence-corrected chi connectivity index (χ1v) is 8.81. The van der Waals surface area contributed by atoms with Crippen LogP contribution in [0.5, 0.6) is 0 Å². The van der Waals surface area contributed by atoms with Crippen molar-refractivity contribution in [3.8, 4) is 0 Å². The summed E-state index contributed by atoms with van der Waals surface area (Å²) < 4.78 is 0. The zero-order valence-electron chi connectivity index (χ0n) is 15.3. The quantitative estimate of drug-likeness (QED) is 0.736. The van der Waals surface area contributed by atoms with Gasteiger partial charge in [0, 0.05) is 51.8 Å². The summed E-state index contributed by atoms with van der Waals surface area (Å²) >= 11 is 0. The van der Waals surface area contributed by atoms with Crippen molar-refractivity contribution in [3.63, 3.8) is 0 Å². The molecule has 0 spiro atoms. The van der Waals surface area contributed by atoms with Crippen molar-refractivity contribution in [2.24, 2.45) is 0 Å². The number of piperazine rings is 1. The van der Waals surface area contributed by atoms with E-state index < -0.39 is 0 Å². The maximum atomic E-state index is 12.5. The average molecular weight is 345 g/mol. The van der Waals surface area contributed by atoms with Crippen LogP contribution in [-0.4, -0.2) is 60.7 Å². The second-order valence-corrected chi connectivity index (χ2v) is 6.38. The largest absolute Gasteiger partial charge is 0.342 e. The third kappa shape index (κ3) is 4.59. The molecule has 1 heterocycles. The predicted octanol–water partition coefficient (Wildman–Crippen LogP) is 1.60. The molecule has 6 nitrogen and oxygen atoms in total. The first-order chi connectivity index (χ1) is 12.0. The molecule has 0 bridgehead atoms. The van der Waals surface area contributed by atoms with E-state index in [2.05, 4.69) is 6.92 Å².